The van der Waals surface area contributed by atoms with Gasteiger partial charge >= 0.3 is 0 Å². The highest BCUT2D eigenvalue weighted by Gasteiger charge is 2.23. The Balaban J connectivity index is 3.05. The molecule has 0 saturated heterocycles. The molecule has 0 aliphatic rings. The first-order valence-electron chi connectivity index (χ1n) is 5.89. The maximum Gasteiger partial charge on any atom is 0.211 e. The Labute approximate surface area is 119 Å². The highest BCUT2D eigenvalue weighted by atomic mass is 35.5. The first kappa shape index (κ1) is 15.9. The molecule has 0 aromatic heterocycles. The quantitative estimate of drug-likeness (QED) is 0.632. The van der Waals surface area contributed by atoms with Gasteiger partial charge in [0.1, 0.15) is 5.82 Å². The van der Waals surface area contributed by atoms with E-state index in [0.29, 0.717) is 10.6 Å². The van der Waals surface area contributed by atoms with Crippen LogP contribution in [0, 0.1) is 5.82 Å². The fraction of sp³-hybridized carbons (Fsp3) is 0.500. The zero-order valence-electron chi connectivity index (χ0n) is 10.5. The van der Waals surface area contributed by atoms with Crippen LogP contribution in [-0.4, -0.2) is 15.6 Å². The smallest absolute Gasteiger partial charge is 0.211 e. The van der Waals surface area contributed by atoms with Gasteiger partial charge in [-0.15, -0.1) is 0 Å². The van der Waals surface area contributed by atoms with Gasteiger partial charge in [0.25, 0.3) is 0 Å². The molecule has 0 aliphatic heterocycles. The standard InChI is InChI=1S/C12H17Cl2FNOSi/c1-3-18(4-2)17-10(7-16)11-8(13)5-6-9(15)12(11)14/h5-6,10H,3-4,7,16H2,1-2H3. The second kappa shape index (κ2) is 7.45. The molecule has 1 aromatic rings. The fourth-order valence-corrected chi connectivity index (χ4v) is 3.74. The molecule has 2 nitrogen and oxygen atoms in total. The molecule has 1 radical (unpaired) electrons. The molecule has 0 spiro atoms. The van der Waals surface area contributed by atoms with Crippen molar-refractivity contribution in [2.24, 2.45) is 5.73 Å². The van der Waals surface area contributed by atoms with Gasteiger partial charge in [-0.05, 0) is 24.2 Å². The summed E-state index contributed by atoms with van der Waals surface area (Å²) in [6.45, 7) is 4.37. The molecule has 1 unspecified atom stereocenters. The summed E-state index contributed by atoms with van der Waals surface area (Å²) in [6.07, 6.45) is -0.436. The van der Waals surface area contributed by atoms with E-state index in [1.807, 2.05) is 0 Å². The molecule has 1 aromatic carbocycles. The van der Waals surface area contributed by atoms with Crippen LogP contribution in [0.1, 0.15) is 25.5 Å². The molecule has 1 rings (SSSR count). The van der Waals surface area contributed by atoms with Gasteiger partial charge in [-0.1, -0.05) is 37.0 Å². The monoisotopic (exact) mass is 308 g/mol. The Kier molecular flexibility index (Phi) is 6.59. The lowest BCUT2D eigenvalue weighted by Crippen LogP contribution is -2.25. The lowest BCUT2D eigenvalue weighted by molar-refractivity contribution is 0.213. The summed E-state index contributed by atoms with van der Waals surface area (Å²) in [5, 5.41) is 0.400. The van der Waals surface area contributed by atoms with Crippen LogP contribution in [0.15, 0.2) is 12.1 Å². The molecule has 0 aliphatic carbocycles. The Morgan fingerprint density at radius 1 is 1.33 bits per heavy atom. The van der Waals surface area contributed by atoms with Gasteiger partial charge < -0.3 is 10.2 Å². The summed E-state index contributed by atoms with van der Waals surface area (Å²) in [6, 6.07) is 4.64. The average molecular weight is 309 g/mol. The van der Waals surface area contributed by atoms with Crippen molar-refractivity contribution in [1.29, 1.82) is 0 Å². The van der Waals surface area contributed by atoms with Gasteiger partial charge in [0.15, 0.2) is 0 Å². The van der Waals surface area contributed by atoms with Crippen molar-refractivity contribution in [2.75, 3.05) is 6.54 Å². The molecule has 18 heavy (non-hydrogen) atoms. The Hall–Kier alpha value is -0.133. The van der Waals surface area contributed by atoms with Crippen molar-refractivity contribution in [3.8, 4) is 0 Å². The number of halogens is 3. The summed E-state index contributed by atoms with van der Waals surface area (Å²) in [5.41, 5.74) is 6.17. The van der Waals surface area contributed by atoms with Crippen molar-refractivity contribution in [2.45, 2.75) is 32.0 Å². The van der Waals surface area contributed by atoms with E-state index in [1.165, 1.54) is 12.1 Å². The van der Waals surface area contributed by atoms with Gasteiger partial charge in [-0.3, -0.25) is 0 Å². The Bertz CT molecular complexity index is 402. The second-order valence-electron chi connectivity index (χ2n) is 3.84. The predicted molar refractivity (Wildman–Crippen MR) is 76.0 cm³/mol. The lowest BCUT2D eigenvalue weighted by atomic mass is 10.1. The van der Waals surface area contributed by atoms with Gasteiger partial charge in [0, 0.05) is 17.1 Å². The molecular formula is C12H17Cl2FNOSi. The molecule has 101 valence electrons. The van der Waals surface area contributed by atoms with Gasteiger partial charge in [0.05, 0.1) is 11.1 Å². The molecular weight excluding hydrogens is 292 g/mol. The number of nitrogens with two attached hydrogens (primary N) is 1. The topological polar surface area (TPSA) is 35.2 Å². The molecule has 0 amide bonds. The van der Waals surface area contributed by atoms with Crippen LogP contribution in [0.25, 0.3) is 0 Å². The molecule has 2 N–H and O–H groups in total. The Morgan fingerprint density at radius 2 is 1.94 bits per heavy atom. The SMILES string of the molecule is CC[Si](CC)OC(CN)c1c(Cl)ccc(F)c1Cl. The van der Waals surface area contributed by atoms with E-state index >= 15 is 0 Å². The third kappa shape index (κ3) is 3.68. The molecule has 0 heterocycles. The number of hydrogen-bond acceptors (Lipinski definition) is 2. The first-order valence-corrected chi connectivity index (χ1v) is 8.47. The van der Waals surface area contributed by atoms with Gasteiger partial charge in [-0.25, -0.2) is 4.39 Å². The molecule has 0 bridgehead atoms. The van der Waals surface area contributed by atoms with E-state index in [9.17, 15) is 4.39 Å². The van der Waals surface area contributed by atoms with Crippen molar-refractivity contribution >= 4 is 32.2 Å². The van der Waals surface area contributed by atoms with E-state index in [1.54, 1.807) is 0 Å². The highest BCUT2D eigenvalue weighted by molar-refractivity contribution is 6.51. The molecule has 0 fully saturated rings. The van der Waals surface area contributed by atoms with Gasteiger partial charge in [-0.2, -0.15) is 0 Å². The van der Waals surface area contributed by atoms with Crippen LogP contribution in [0.4, 0.5) is 4.39 Å². The molecule has 0 saturated carbocycles. The normalized spacial score (nSPS) is 13.1. The zero-order valence-corrected chi connectivity index (χ0v) is 13.0. The van der Waals surface area contributed by atoms with Crippen LogP contribution < -0.4 is 5.73 Å². The first-order chi connectivity index (χ1) is 8.54. The maximum absolute atomic E-state index is 13.5. The summed E-state index contributed by atoms with van der Waals surface area (Å²) in [5.74, 6) is -0.500. The third-order valence-corrected chi connectivity index (χ3v) is 5.62. The fourth-order valence-electron chi connectivity index (χ4n) is 1.68. The largest absolute Gasteiger partial charge is 0.408 e. The van der Waals surface area contributed by atoms with Crippen LogP contribution in [0.2, 0.25) is 22.1 Å². The summed E-state index contributed by atoms with van der Waals surface area (Å²) >= 11 is 12.0. The minimum Gasteiger partial charge on any atom is -0.408 e. The summed E-state index contributed by atoms with van der Waals surface area (Å²) in [4.78, 5) is 0. The van der Waals surface area contributed by atoms with E-state index < -0.39 is 21.0 Å². The zero-order chi connectivity index (χ0) is 13.7. The van der Waals surface area contributed by atoms with Gasteiger partial charge in [0.2, 0.25) is 9.04 Å². The summed E-state index contributed by atoms with van der Waals surface area (Å²) in [7, 11) is -0.947. The Morgan fingerprint density at radius 3 is 2.44 bits per heavy atom. The minimum absolute atomic E-state index is 0.00602. The van der Waals surface area contributed by atoms with Crippen molar-refractivity contribution in [3.63, 3.8) is 0 Å². The third-order valence-electron chi connectivity index (χ3n) is 2.71. The average Bonchev–Trinajstić information content (AvgIpc) is 2.38. The van der Waals surface area contributed by atoms with Crippen LogP contribution in [0.5, 0.6) is 0 Å². The van der Waals surface area contributed by atoms with E-state index in [2.05, 4.69) is 13.8 Å². The second-order valence-corrected chi connectivity index (χ2v) is 7.36. The lowest BCUT2D eigenvalue weighted by Gasteiger charge is -2.23. The van der Waals surface area contributed by atoms with Crippen LogP contribution >= 0.6 is 23.2 Å². The van der Waals surface area contributed by atoms with Crippen LogP contribution in [-0.2, 0) is 4.43 Å². The maximum atomic E-state index is 13.5. The minimum atomic E-state index is -0.947. The van der Waals surface area contributed by atoms with Crippen molar-refractivity contribution in [1.82, 2.24) is 0 Å². The molecule has 6 heteroatoms. The number of benzene rings is 1. The molecule has 1 atom stereocenters. The predicted octanol–water partition coefficient (Wildman–Crippen LogP) is 4.18. The van der Waals surface area contributed by atoms with Crippen LogP contribution in [0.3, 0.4) is 0 Å². The van der Waals surface area contributed by atoms with E-state index in [0.717, 1.165) is 12.1 Å². The van der Waals surface area contributed by atoms with Crippen molar-refractivity contribution in [3.05, 3.63) is 33.6 Å². The number of hydrogen-bond donors (Lipinski definition) is 1. The summed E-state index contributed by atoms with van der Waals surface area (Å²) < 4.78 is 19.4. The van der Waals surface area contributed by atoms with E-state index in [4.69, 9.17) is 33.4 Å². The number of rotatable bonds is 6. The van der Waals surface area contributed by atoms with Crippen molar-refractivity contribution < 1.29 is 8.82 Å². The van der Waals surface area contributed by atoms with E-state index in [-0.39, 0.29) is 11.6 Å². The highest BCUT2D eigenvalue weighted by Crippen LogP contribution is 2.34.